The summed E-state index contributed by atoms with van der Waals surface area (Å²) < 4.78 is 26.5. The molecule has 2 aromatic heterocycles. The summed E-state index contributed by atoms with van der Waals surface area (Å²) in [7, 11) is -1.24. The Hall–Kier alpha value is -3.80. The summed E-state index contributed by atoms with van der Waals surface area (Å²) in [6.07, 6.45) is 1.53. The fourth-order valence-electron chi connectivity index (χ4n) is 3.14. The van der Waals surface area contributed by atoms with Crippen LogP contribution >= 0.6 is 10.6 Å². The number of aliphatic imine (C=N–C) groups is 1. The van der Waals surface area contributed by atoms with Gasteiger partial charge in [-0.2, -0.15) is 10.6 Å². The summed E-state index contributed by atoms with van der Waals surface area (Å²) in [5.41, 5.74) is 14.9. The van der Waals surface area contributed by atoms with Crippen LogP contribution in [0.15, 0.2) is 69.0 Å². The molecule has 0 saturated heterocycles. The first-order valence-electron chi connectivity index (χ1n) is 10.4. The zero-order valence-electron chi connectivity index (χ0n) is 18.9. The van der Waals surface area contributed by atoms with E-state index in [1.54, 1.807) is 57.3 Å². The highest BCUT2D eigenvalue weighted by molar-refractivity contribution is 8.24. The fraction of sp³-hybridized carbons (Fsp3) is 0.174. The van der Waals surface area contributed by atoms with E-state index in [1.807, 2.05) is 12.1 Å². The van der Waals surface area contributed by atoms with E-state index in [0.29, 0.717) is 27.9 Å². The lowest BCUT2D eigenvalue weighted by atomic mass is 10.1. The number of anilines is 1. The molecule has 6 N–H and O–H groups in total. The van der Waals surface area contributed by atoms with E-state index in [-0.39, 0.29) is 22.7 Å². The lowest BCUT2D eigenvalue weighted by Crippen LogP contribution is -2.12. The van der Waals surface area contributed by atoms with Crippen LogP contribution in [0.1, 0.15) is 19.4 Å². The monoisotopic (exact) mass is 479 g/mol. The molecule has 2 heterocycles. The predicted octanol–water partition coefficient (Wildman–Crippen LogP) is 4.30. The average molecular weight is 480 g/mol. The normalized spacial score (nSPS) is 12.8. The third kappa shape index (κ3) is 4.49. The number of rotatable bonds is 6. The summed E-state index contributed by atoms with van der Waals surface area (Å²) in [5, 5.41) is 7.90. The molecule has 34 heavy (non-hydrogen) atoms. The summed E-state index contributed by atoms with van der Waals surface area (Å²) in [5.74, 6) is 1.00. The number of hydrogen-bond acceptors (Lipinski definition) is 9. The first-order chi connectivity index (χ1) is 16.2. The summed E-state index contributed by atoms with van der Waals surface area (Å²) >= 11 is 0. The summed E-state index contributed by atoms with van der Waals surface area (Å²) in [6.45, 7) is 3.53. The summed E-state index contributed by atoms with van der Waals surface area (Å²) in [4.78, 5) is 13.2. The Balaban J connectivity index is 1.63. The maximum Gasteiger partial charge on any atom is 0.270 e. The van der Waals surface area contributed by atoms with Crippen LogP contribution in [0.2, 0.25) is 0 Å². The number of aromatic nitrogens is 4. The van der Waals surface area contributed by atoms with Crippen LogP contribution in [0.3, 0.4) is 0 Å². The Bertz CT molecular complexity index is 1330. The van der Waals surface area contributed by atoms with Crippen molar-refractivity contribution in [2.45, 2.75) is 24.0 Å². The van der Waals surface area contributed by atoms with Crippen molar-refractivity contribution >= 4 is 22.2 Å². The van der Waals surface area contributed by atoms with Crippen molar-refractivity contribution in [1.29, 1.82) is 0 Å². The van der Waals surface area contributed by atoms with E-state index >= 15 is 0 Å². The topological polar surface area (TPSA) is 170 Å². The summed E-state index contributed by atoms with van der Waals surface area (Å²) in [6, 6.07) is 14.1. The first-order valence-corrected chi connectivity index (χ1v) is 12.0. The highest BCUT2D eigenvalue weighted by atomic mass is 32.3. The molecule has 0 amide bonds. The molecule has 4 aromatic rings. The van der Waals surface area contributed by atoms with Gasteiger partial charge in [0.15, 0.2) is 11.5 Å². The molecule has 0 aliphatic carbocycles. The van der Waals surface area contributed by atoms with Crippen molar-refractivity contribution in [3.8, 4) is 34.3 Å². The minimum atomic E-state index is -2.87. The van der Waals surface area contributed by atoms with E-state index in [0.717, 1.165) is 11.1 Å². The number of amidine groups is 1. The third-order valence-electron chi connectivity index (χ3n) is 5.25. The second-order valence-corrected chi connectivity index (χ2v) is 10.4. The number of benzene rings is 2. The van der Waals surface area contributed by atoms with Gasteiger partial charge < -0.3 is 15.9 Å². The number of nitrogens with two attached hydrogens (primary N) is 2. The van der Waals surface area contributed by atoms with Gasteiger partial charge in [0.1, 0.15) is 5.84 Å². The molecule has 11 heteroatoms. The van der Waals surface area contributed by atoms with Crippen LogP contribution < -0.4 is 11.5 Å². The highest BCUT2D eigenvalue weighted by Crippen LogP contribution is 2.52. The van der Waals surface area contributed by atoms with Gasteiger partial charge in [-0.15, -0.1) is 10.2 Å². The van der Waals surface area contributed by atoms with E-state index in [2.05, 4.69) is 25.2 Å². The zero-order chi connectivity index (χ0) is 24.5. The van der Waals surface area contributed by atoms with Crippen LogP contribution in [-0.4, -0.2) is 47.4 Å². The molecule has 0 unspecified atom stereocenters. The zero-order valence-corrected chi connectivity index (χ0v) is 19.7. The Morgan fingerprint density at radius 3 is 2.21 bits per heavy atom. The number of hydrogen-bond donors (Lipinski definition) is 4. The van der Waals surface area contributed by atoms with Crippen molar-refractivity contribution in [1.82, 2.24) is 20.2 Å². The Morgan fingerprint density at radius 2 is 1.59 bits per heavy atom. The Morgan fingerprint density at radius 1 is 0.971 bits per heavy atom. The second kappa shape index (κ2) is 9.21. The van der Waals surface area contributed by atoms with Gasteiger partial charge in [0, 0.05) is 29.0 Å². The van der Waals surface area contributed by atoms with Gasteiger partial charge >= 0.3 is 0 Å². The molecule has 0 bridgehead atoms. The van der Waals surface area contributed by atoms with Gasteiger partial charge in [0.05, 0.1) is 16.8 Å². The molecule has 0 aliphatic rings. The predicted molar refractivity (Wildman–Crippen MR) is 134 cm³/mol. The minimum Gasteiger partial charge on any atom is -0.414 e. The van der Waals surface area contributed by atoms with Crippen LogP contribution in [0.4, 0.5) is 5.82 Å². The molecule has 4 rings (SSSR count). The molecular formula is C23H25N7O3S. The van der Waals surface area contributed by atoms with Crippen LogP contribution in [0, 0.1) is 0 Å². The second-order valence-electron chi connectivity index (χ2n) is 7.75. The molecular weight excluding hydrogens is 454 g/mol. The van der Waals surface area contributed by atoms with Gasteiger partial charge in [-0.05, 0) is 38.1 Å². The maximum absolute atomic E-state index is 10.4. The smallest absolute Gasteiger partial charge is 0.270 e. The van der Waals surface area contributed by atoms with Crippen molar-refractivity contribution in [3.05, 3.63) is 60.3 Å². The van der Waals surface area contributed by atoms with Crippen LogP contribution in [0.5, 0.6) is 0 Å². The SMILES string of the molecule is CN=C(N)c1ccc(-c2nnc(-c3nc(-c4ccc(S(O)(O)C(C)C)cc4)cnc3N)o2)cc1. The lowest BCUT2D eigenvalue weighted by molar-refractivity contribution is 0.476. The minimum absolute atomic E-state index is 0.131. The molecule has 0 fully saturated rings. The Kier molecular flexibility index (Phi) is 6.33. The molecule has 10 nitrogen and oxygen atoms in total. The quantitative estimate of drug-likeness (QED) is 0.232. The van der Waals surface area contributed by atoms with Crippen LogP contribution in [0.25, 0.3) is 34.3 Å². The lowest BCUT2D eigenvalue weighted by Gasteiger charge is -2.36. The maximum atomic E-state index is 10.4. The van der Waals surface area contributed by atoms with Crippen molar-refractivity contribution in [2.24, 2.45) is 10.7 Å². The van der Waals surface area contributed by atoms with Crippen molar-refractivity contribution < 1.29 is 13.5 Å². The first kappa shape index (κ1) is 23.4. The molecule has 0 spiro atoms. The molecule has 2 aromatic carbocycles. The van der Waals surface area contributed by atoms with Gasteiger partial charge in [-0.3, -0.25) is 14.1 Å². The van der Waals surface area contributed by atoms with E-state index in [9.17, 15) is 9.11 Å². The highest BCUT2D eigenvalue weighted by Gasteiger charge is 2.21. The fourth-order valence-corrected chi connectivity index (χ4v) is 4.22. The van der Waals surface area contributed by atoms with E-state index in [4.69, 9.17) is 15.9 Å². The van der Waals surface area contributed by atoms with Gasteiger partial charge in [0.25, 0.3) is 5.89 Å². The molecule has 0 aliphatic heterocycles. The average Bonchev–Trinajstić information content (AvgIpc) is 3.34. The molecule has 0 radical (unpaired) electrons. The third-order valence-corrected chi connectivity index (χ3v) is 7.53. The van der Waals surface area contributed by atoms with Gasteiger partial charge in [0.2, 0.25) is 5.89 Å². The molecule has 0 atom stereocenters. The van der Waals surface area contributed by atoms with Gasteiger partial charge in [-0.1, -0.05) is 24.3 Å². The largest absolute Gasteiger partial charge is 0.414 e. The molecule has 176 valence electrons. The van der Waals surface area contributed by atoms with Gasteiger partial charge in [-0.25, -0.2) is 9.97 Å². The number of nitrogen functional groups attached to an aromatic ring is 1. The molecule has 0 saturated carbocycles. The van der Waals surface area contributed by atoms with Crippen molar-refractivity contribution in [3.63, 3.8) is 0 Å². The van der Waals surface area contributed by atoms with Crippen molar-refractivity contribution in [2.75, 3.05) is 12.8 Å². The van der Waals surface area contributed by atoms with Crippen LogP contribution in [-0.2, 0) is 0 Å². The van der Waals surface area contributed by atoms with E-state index in [1.165, 1.54) is 6.20 Å². The standard InChI is InChI=1S/C23H25N7O3S/c1-13(2)34(31,32)17-10-8-14(9-11-17)18-12-27-21(25)19(28-18)23-30-29-22(33-23)16-6-4-15(5-7-16)20(24)26-3/h4-13,31-32H,1-3H3,(H2,24,26)(H2,25,27). The van der Waals surface area contributed by atoms with E-state index < -0.39 is 10.6 Å². The number of nitrogens with zero attached hydrogens (tertiary/aromatic N) is 5. The Labute approximate surface area is 198 Å².